The topological polar surface area (TPSA) is 0 Å². The maximum Gasteiger partial charge on any atom is -0.0114 e. The van der Waals surface area contributed by atoms with E-state index in [4.69, 9.17) is 0 Å². The third-order valence-corrected chi connectivity index (χ3v) is 14.7. The number of fused-ring (bicyclic) bond motifs is 6. The molecule has 0 aliphatic carbocycles. The predicted molar refractivity (Wildman–Crippen MR) is 328 cm³/mol. The summed E-state index contributed by atoms with van der Waals surface area (Å²) in [4.78, 5) is 0. The van der Waals surface area contributed by atoms with Crippen molar-refractivity contribution in [3.8, 4) is 44.5 Å². The molecule has 0 aromatic heterocycles. The van der Waals surface area contributed by atoms with Gasteiger partial charge in [0, 0.05) is 0 Å². The maximum absolute atomic E-state index is 3.06. The molecule has 364 valence electrons. The molecule has 0 nitrogen and oxygen atoms in total. The monoisotopic (exact) mass is 1060 g/mol. The summed E-state index contributed by atoms with van der Waals surface area (Å²) in [6.07, 6.45) is 1.86. The van der Waals surface area contributed by atoms with Gasteiger partial charge in [0.25, 0.3) is 0 Å². The molecule has 0 amide bonds. The number of hydrogen-bond donors (Lipinski definition) is 0. The van der Waals surface area contributed by atoms with Crippen molar-refractivity contribution in [2.45, 2.75) is 12.8 Å². The normalized spacial score (nSPS) is 10.9. The summed E-state index contributed by atoms with van der Waals surface area (Å²) >= 11 is 1.36. The SMILES string of the molecule is [CH3-].[CH3-].[Si]=[Zr].c1ccc(Cc2cc3c(-c4cccc5ccccc45)ccc(-c4cccc5ccccc45)c3[cH-]2)cc1.c1ccc(Cc2cc3c(-c4cccc5ccccc45)ccc(-c4cccc5ccccc45)c3[cH-]2)cc1. The zero-order valence-corrected chi connectivity index (χ0v) is 46.4. The number of hydrogen-bond acceptors (Lipinski definition) is 0. The predicted octanol–water partition coefficient (Wildman–Crippen LogP) is 20.1. The van der Waals surface area contributed by atoms with E-state index in [2.05, 4.69) is 286 Å². The van der Waals surface area contributed by atoms with Gasteiger partial charge < -0.3 is 14.9 Å². The van der Waals surface area contributed by atoms with Crippen molar-refractivity contribution < 1.29 is 23.3 Å². The van der Waals surface area contributed by atoms with Gasteiger partial charge in [-0.1, -0.05) is 288 Å². The molecule has 76 heavy (non-hydrogen) atoms. The molecule has 0 spiro atoms. The van der Waals surface area contributed by atoms with Gasteiger partial charge in [0.15, 0.2) is 0 Å². The van der Waals surface area contributed by atoms with E-state index < -0.39 is 0 Å². The van der Waals surface area contributed by atoms with Gasteiger partial charge in [0.05, 0.1) is 0 Å². The summed E-state index contributed by atoms with van der Waals surface area (Å²) in [5.41, 5.74) is 15.7. The molecule has 2 radical (unpaired) electrons. The molecule has 0 saturated carbocycles. The van der Waals surface area contributed by atoms with Crippen molar-refractivity contribution in [3.05, 3.63) is 316 Å². The number of rotatable bonds is 8. The molecule has 2 heteroatoms. The Hall–Kier alpha value is -8.00. The van der Waals surface area contributed by atoms with Gasteiger partial charge in [-0.3, -0.25) is 0 Å². The molecular formula is C74H56SiZr-4. The summed E-state index contributed by atoms with van der Waals surface area (Å²) in [7, 11) is 0. The third-order valence-electron chi connectivity index (χ3n) is 14.7. The fourth-order valence-electron chi connectivity index (χ4n) is 11.4. The van der Waals surface area contributed by atoms with Crippen molar-refractivity contribution in [2.24, 2.45) is 0 Å². The van der Waals surface area contributed by atoms with Crippen molar-refractivity contribution in [3.63, 3.8) is 0 Å². The molecule has 14 aromatic carbocycles. The fourth-order valence-corrected chi connectivity index (χ4v) is 11.4. The van der Waals surface area contributed by atoms with Gasteiger partial charge in [-0.05, 0) is 78.2 Å². The number of benzene rings is 12. The minimum atomic E-state index is 0. The molecule has 0 saturated heterocycles. The minimum absolute atomic E-state index is 0. The van der Waals surface area contributed by atoms with Gasteiger partial charge in [0.2, 0.25) is 0 Å². The van der Waals surface area contributed by atoms with Crippen molar-refractivity contribution in [1.82, 2.24) is 0 Å². The van der Waals surface area contributed by atoms with E-state index in [0.29, 0.717) is 0 Å². The quantitative estimate of drug-likeness (QED) is 0.105. The summed E-state index contributed by atoms with van der Waals surface area (Å²) < 4.78 is 0. The van der Waals surface area contributed by atoms with Crippen LogP contribution in [0.25, 0.3) is 109 Å². The van der Waals surface area contributed by atoms with Crippen LogP contribution >= 0.6 is 0 Å². The van der Waals surface area contributed by atoms with Crippen molar-refractivity contribution in [2.75, 3.05) is 0 Å². The molecule has 14 rings (SSSR count). The third kappa shape index (κ3) is 10.1. The van der Waals surface area contributed by atoms with Crippen LogP contribution < -0.4 is 0 Å². The molecule has 0 bridgehead atoms. The van der Waals surface area contributed by atoms with Crippen molar-refractivity contribution >= 4 is 71.5 Å². The second-order valence-corrected chi connectivity index (χ2v) is 19.1. The van der Waals surface area contributed by atoms with E-state index in [-0.39, 0.29) is 14.9 Å². The average Bonchev–Trinajstić information content (AvgIpc) is 4.14. The van der Waals surface area contributed by atoms with Crippen LogP contribution in [0.2, 0.25) is 0 Å². The molecule has 0 aliphatic rings. The first-order valence-corrected chi connectivity index (χ1v) is 29.6. The van der Waals surface area contributed by atoms with Crippen LogP contribution in [0.4, 0.5) is 0 Å². The molecule has 14 aromatic rings. The first-order chi connectivity index (χ1) is 36.7. The van der Waals surface area contributed by atoms with Crippen LogP contribution in [0, 0.1) is 14.9 Å². The van der Waals surface area contributed by atoms with Gasteiger partial charge in [0.1, 0.15) is 0 Å². The van der Waals surface area contributed by atoms with Crippen LogP contribution in [-0.2, 0) is 36.2 Å². The van der Waals surface area contributed by atoms with E-state index in [1.807, 2.05) is 0 Å². The summed E-state index contributed by atoms with van der Waals surface area (Å²) in [5, 5.41) is 15.6. The maximum atomic E-state index is 3.06. The molecule has 0 unspecified atom stereocenters. The molecule has 0 atom stereocenters. The Kier molecular flexibility index (Phi) is 15.8. The first-order valence-electron chi connectivity index (χ1n) is 25.4. The van der Waals surface area contributed by atoms with Crippen LogP contribution in [0.15, 0.2) is 279 Å². The molecule has 0 heterocycles. The molecule has 0 aliphatic heterocycles. The smallest absolute Gasteiger partial charge is 0.0114 e. The second kappa shape index (κ2) is 23.3. The first kappa shape index (κ1) is 51.5. The zero-order valence-electron chi connectivity index (χ0n) is 43.0. The Morgan fingerprint density at radius 2 is 0.500 bits per heavy atom. The molecule has 0 fully saturated rings. The zero-order chi connectivity index (χ0) is 49.8. The Labute approximate surface area is 464 Å². The molecule has 0 N–H and O–H groups in total. The Bertz CT molecular complexity index is 3760. The minimum Gasteiger partial charge on any atom is -0.164 e. The second-order valence-electron chi connectivity index (χ2n) is 19.1. The van der Waals surface area contributed by atoms with E-state index in [0.717, 1.165) is 12.8 Å². The average molecular weight is 1060 g/mol. The summed E-state index contributed by atoms with van der Waals surface area (Å²) in [6.45, 7) is 3.06. The van der Waals surface area contributed by atoms with E-state index in [1.165, 1.54) is 155 Å². The van der Waals surface area contributed by atoms with Gasteiger partial charge in [-0.25, -0.2) is 0 Å². The summed E-state index contributed by atoms with van der Waals surface area (Å²) in [5.74, 6) is 0. The Morgan fingerprint density at radius 3 is 0.829 bits per heavy atom. The fraction of sp³-hybridized carbons (Fsp3) is 0.0270. The standard InChI is InChI=1S/2C36H25.2CH3.Si.Zr/c2*1-2-10-25(11-3-1)22-26-23-35-33(31-18-8-14-27-12-4-6-16-29(27)31)20-21-34(36(35)24-26)32-19-9-15-28-13-5-7-17-30(28)32;;;;/h2*1-21,23-24H,22H2;2*1H3;;/q4*-1;;. The van der Waals surface area contributed by atoms with Crippen LogP contribution in [-0.4, -0.2) is 6.88 Å². The van der Waals surface area contributed by atoms with Crippen LogP contribution in [0.3, 0.4) is 0 Å². The summed E-state index contributed by atoms with van der Waals surface area (Å²) in [6, 6.07) is 102. The van der Waals surface area contributed by atoms with Gasteiger partial charge in [-0.2, -0.15) is 12.1 Å². The van der Waals surface area contributed by atoms with Crippen molar-refractivity contribution in [1.29, 1.82) is 0 Å². The van der Waals surface area contributed by atoms with E-state index in [1.54, 1.807) is 0 Å². The largest absolute Gasteiger partial charge is 0.164 e. The van der Waals surface area contributed by atoms with E-state index >= 15 is 0 Å². The van der Waals surface area contributed by atoms with E-state index in [9.17, 15) is 0 Å². The Morgan fingerprint density at radius 1 is 0.250 bits per heavy atom. The van der Waals surface area contributed by atoms with Crippen LogP contribution in [0.1, 0.15) is 22.3 Å². The van der Waals surface area contributed by atoms with Gasteiger partial charge >= 0.3 is 30.2 Å². The Balaban J connectivity index is 0.000000163. The van der Waals surface area contributed by atoms with Gasteiger partial charge in [-0.15, -0.1) is 44.8 Å². The van der Waals surface area contributed by atoms with Crippen LogP contribution in [0.5, 0.6) is 0 Å². The molecular weight excluding hydrogens is 1010 g/mol.